The molecule has 0 bridgehead atoms. The number of aryl methyl sites for hydroxylation is 2. The van der Waals surface area contributed by atoms with Gasteiger partial charge in [-0.3, -0.25) is 14.4 Å². The first-order valence-corrected chi connectivity index (χ1v) is 11.6. The minimum absolute atomic E-state index is 0.256. The van der Waals surface area contributed by atoms with Crippen LogP contribution in [0.3, 0.4) is 0 Å². The molecule has 0 fully saturated rings. The molecule has 0 unspecified atom stereocenters. The Hall–Kier alpha value is -4.58. The minimum Gasteiger partial charge on any atom is -0.453 e. The topological polar surface area (TPSA) is 89.5 Å². The Balaban J connectivity index is 1.54. The molecule has 1 amide bonds. The van der Waals surface area contributed by atoms with Crippen LogP contribution in [0.5, 0.6) is 0 Å². The number of ketones is 2. The first kappa shape index (κ1) is 23.2. The lowest BCUT2D eigenvalue weighted by Gasteiger charge is -2.21. The number of fused-ring (bicyclic) bond motifs is 2. The fraction of sp³-hybridized carbons (Fsp3) is 0.133. The van der Waals surface area contributed by atoms with E-state index < -0.39 is 35.5 Å². The van der Waals surface area contributed by atoms with Gasteiger partial charge in [0.05, 0.1) is 5.56 Å². The summed E-state index contributed by atoms with van der Waals surface area (Å²) in [5, 5.41) is 4.38. The van der Waals surface area contributed by atoms with E-state index in [0.717, 1.165) is 21.9 Å². The lowest BCUT2D eigenvalue weighted by molar-refractivity contribution is -0.138. The summed E-state index contributed by atoms with van der Waals surface area (Å²) >= 11 is 0. The Kier molecular flexibility index (Phi) is 5.94. The molecule has 1 heterocycles. The standard InChI is InChI=1S/C30H23NO5/c1-17-11-14-24(18(2)15-17)31-29(34)27(33)25(28-22-9-5-6-10-23(22)30(35)36-28)26(32)21-13-12-19-7-3-4-8-20(19)16-21/h3-16,25,28H,1-2H3,(H,31,34)/t25-,28+/m1/s1. The zero-order chi connectivity index (χ0) is 25.4. The molecule has 0 aliphatic carbocycles. The number of hydrogen-bond donors (Lipinski definition) is 1. The summed E-state index contributed by atoms with van der Waals surface area (Å²) in [5.41, 5.74) is 3.21. The Bertz CT molecular complexity index is 1550. The number of amides is 1. The van der Waals surface area contributed by atoms with Crippen LogP contribution in [0.4, 0.5) is 5.69 Å². The van der Waals surface area contributed by atoms with Gasteiger partial charge in [0.25, 0.3) is 5.91 Å². The summed E-state index contributed by atoms with van der Waals surface area (Å²) in [4.78, 5) is 53.1. The Morgan fingerprint density at radius 3 is 2.33 bits per heavy atom. The maximum Gasteiger partial charge on any atom is 0.339 e. The van der Waals surface area contributed by atoms with Gasteiger partial charge < -0.3 is 10.1 Å². The predicted molar refractivity (Wildman–Crippen MR) is 136 cm³/mol. The number of carbonyl (C=O) groups excluding carboxylic acids is 4. The normalized spacial score (nSPS) is 15.2. The van der Waals surface area contributed by atoms with Gasteiger partial charge in [0.1, 0.15) is 12.0 Å². The van der Waals surface area contributed by atoms with E-state index in [2.05, 4.69) is 5.32 Å². The third-order valence-corrected chi connectivity index (χ3v) is 6.48. The molecule has 0 spiro atoms. The first-order chi connectivity index (χ1) is 17.3. The van der Waals surface area contributed by atoms with Crippen molar-refractivity contribution >= 4 is 39.9 Å². The van der Waals surface area contributed by atoms with E-state index in [1.807, 2.05) is 50.2 Å². The predicted octanol–water partition coefficient (Wildman–Crippen LogP) is 5.38. The van der Waals surface area contributed by atoms with Crippen LogP contribution >= 0.6 is 0 Å². The molecule has 5 rings (SSSR count). The third kappa shape index (κ3) is 4.18. The largest absolute Gasteiger partial charge is 0.453 e. The summed E-state index contributed by atoms with van der Waals surface area (Å²) < 4.78 is 5.52. The lowest BCUT2D eigenvalue weighted by Crippen LogP contribution is -2.38. The Labute approximate surface area is 207 Å². The summed E-state index contributed by atoms with van der Waals surface area (Å²) in [6.45, 7) is 3.74. The molecule has 6 nitrogen and oxygen atoms in total. The number of anilines is 1. The molecule has 0 saturated heterocycles. The molecule has 1 aliphatic rings. The Morgan fingerprint density at radius 2 is 1.56 bits per heavy atom. The van der Waals surface area contributed by atoms with Crippen molar-refractivity contribution in [2.24, 2.45) is 5.92 Å². The average molecular weight is 478 g/mol. The van der Waals surface area contributed by atoms with Gasteiger partial charge in [-0.1, -0.05) is 72.3 Å². The van der Waals surface area contributed by atoms with Crippen LogP contribution in [0.25, 0.3) is 10.8 Å². The van der Waals surface area contributed by atoms with Crippen LogP contribution < -0.4 is 5.32 Å². The molecule has 6 heteroatoms. The molecular formula is C30H23NO5. The van der Waals surface area contributed by atoms with E-state index in [-0.39, 0.29) is 11.1 Å². The molecule has 36 heavy (non-hydrogen) atoms. The molecule has 0 radical (unpaired) electrons. The van der Waals surface area contributed by atoms with Gasteiger partial charge >= 0.3 is 5.97 Å². The summed E-state index contributed by atoms with van der Waals surface area (Å²) in [7, 11) is 0. The van der Waals surface area contributed by atoms with E-state index in [9.17, 15) is 19.2 Å². The van der Waals surface area contributed by atoms with Crippen LogP contribution in [0.2, 0.25) is 0 Å². The Morgan fingerprint density at radius 1 is 0.833 bits per heavy atom. The van der Waals surface area contributed by atoms with Gasteiger partial charge in [-0.2, -0.15) is 0 Å². The molecule has 1 aliphatic heterocycles. The van der Waals surface area contributed by atoms with Crippen molar-refractivity contribution in [3.63, 3.8) is 0 Å². The zero-order valence-electron chi connectivity index (χ0n) is 19.8. The number of esters is 1. The van der Waals surface area contributed by atoms with E-state index in [1.165, 1.54) is 0 Å². The van der Waals surface area contributed by atoms with Crippen LogP contribution in [0.1, 0.15) is 43.5 Å². The minimum atomic E-state index is -1.54. The molecule has 0 aromatic heterocycles. The first-order valence-electron chi connectivity index (χ1n) is 11.6. The van der Waals surface area contributed by atoms with Crippen LogP contribution in [-0.4, -0.2) is 23.4 Å². The molecule has 178 valence electrons. The number of cyclic esters (lactones) is 1. The lowest BCUT2D eigenvalue weighted by atomic mass is 9.84. The van der Waals surface area contributed by atoms with Gasteiger partial charge in [0.2, 0.25) is 5.78 Å². The van der Waals surface area contributed by atoms with Crippen molar-refractivity contribution in [3.8, 4) is 0 Å². The molecule has 4 aromatic rings. The van der Waals surface area contributed by atoms with Gasteiger partial charge in [-0.05, 0) is 48.4 Å². The molecular weight excluding hydrogens is 454 g/mol. The SMILES string of the molecule is Cc1ccc(NC(=O)C(=O)[C@@H](C(=O)c2ccc3ccccc3c2)[C@H]2OC(=O)c3ccccc32)c(C)c1. The zero-order valence-corrected chi connectivity index (χ0v) is 19.8. The van der Waals surface area contributed by atoms with Crippen LogP contribution in [0.15, 0.2) is 84.9 Å². The van der Waals surface area contributed by atoms with Crippen LogP contribution in [-0.2, 0) is 14.3 Å². The highest BCUT2D eigenvalue weighted by atomic mass is 16.5. The number of ether oxygens (including phenoxy) is 1. The monoisotopic (exact) mass is 477 g/mol. The third-order valence-electron chi connectivity index (χ3n) is 6.48. The van der Waals surface area contributed by atoms with Gasteiger partial charge in [0.15, 0.2) is 5.78 Å². The second kappa shape index (κ2) is 9.23. The summed E-state index contributed by atoms with van der Waals surface area (Å²) in [6, 6.07) is 24.6. The smallest absolute Gasteiger partial charge is 0.339 e. The molecule has 0 saturated carbocycles. The van der Waals surface area contributed by atoms with Gasteiger partial charge in [-0.15, -0.1) is 0 Å². The van der Waals surface area contributed by atoms with Crippen molar-refractivity contribution in [3.05, 3.63) is 113 Å². The van der Waals surface area contributed by atoms with E-state index in [4.69, 9.17) is 4.74 Å². The number of Topliss-reactive ketones (excluding diaryl/α,β-unsaturated/α-hetero) is 2. The van der Waals surface area contributed by atoms with E-state index >= 15 is 0 Å². The van der Waals surface area contributed by atoms with Crippen molar-refractivity contribution in [2.45, 2.75) is 20.0 Å². The number of hydrogen-bond acceptors (Lipinski definition) is 5. The second-order valence-corrected chi connectivity index (χ2v) is 8.95. The second-order valence-electron chi connectivity index (χ2n) is 8.95. The van der Waals surface area contributed by atoms with Gasteiger partial charge in [-0.25, -0.2) is 4.79 Å². The molecule has 1 N–H and O–H groups in total. The number of carbonyl (C=O) groups is 4. The van der Waals surface area contributed by atoms with Crippen molar-refractivity contribution in [2.75, 3.05) is 5.32 Å². The van der Waals surface area contributed by atoms with Crippen molar-refractivity contribution in [1.82, 2.24) is 0 Å². The highest BCUT2D eigenvalue weighted by Crippen LogP contribution is 2.38. The van der Waals surface area contributed by atoms with Crippen LogP contribution in [0, 0.1) is 19.8 Å². The maximum atomic E-state index is 13.8. The fourth-order valence-electron chi connectivity index (χ4n) is 4.62. The summed E-state index contributed by atoms with van der Waals surface area (Å²) in [6.07, 6.45) is -1.20. The average Bonchev–Trinajstić information content (AvgIpc) is 3.21. The molecule has 4 aromatic carbocycles. The van der Waals surface area contributed by atoms with E-state index in [0.29, 0.717) is 11.3 Å². The fourth-order valence-corrected chi connectivity index (χ4v) is 4.62. The van der Waals surface area contributed by atoms with Crippen molar-refractivity contribution in [1.29, 1.82) is 0 Å². The van der Waals surface area contributed by atoms with E-state index in [1.54, 1.807) is 48.5 Å². The van der Waals surface area contributed by atoms with Crippen molar-refractivity contribution < 1.29 is 23.9 Å². The maximum absolute atomic E-state index is 13.8. The summed E-state index contributed by atoms with van der Waals surface area (Å²) in [5.74, 6) is -4.67. The van der Waals surface area contributed by atoms with Gasteiger partial charge in [0, 0.05) is 16.8 Å². The number of nitrogens with one attached hydrogen (secondary N) is 1. The molecule has 2 atom stereocenters. The highest BCUT2D eigenvalue weighted by molar-refractivity contribution is 6.45. The number of rotatable bonds is 6. The number of benzene rings is 4. The highest BCUT2D eigenvalue weighted by Gasteiger charge is 2.46. The quantitative estimate of drug-likeness (QED) is 0.174.